The molecule has 0 aliphatic heterocycles. The lowest BCUT2D eigenvalue weighted by Gasteiger charge is -2.09. The number of nitrogens with one attached hydrogen (secondary N) is 1. The number of alkyl halides is 2. The Balaban J connectivity index is 1.64. The molecule has 9 nitrogen and oxygen atoms in total. The topological polar surface area (TPSA) is 112 Å². The lowest BCUT2D eigenvalue weighted by Crippen LogP contribution is -2.13. The highest BCUT2D eigenvalue weighted by Gasteiger charge is 2.19. The predicted molar refractivity (Wildman–Crippen MR) is 109 cm³/mol. The minimum atomic E-state index is -2.75. The van der Waals surface area contributed by atoms with Crippen LogP contribution < -0.4 is 10.1 Å². The van der Waals surface area contributed by atoms with Crippen molar-refractivity contribution >= 4 is 34.3 Å². The number of fused-ring (bicyclic) bond motifs is 1. The summed E-state index contributed by atoms with van der Waals surface area (Å²) in [5.41, 5.74) is 0.775. The van der Waals surface area contributed by atoms with Crippen LogP contribution in [0.1, 0.15) is 10.4 Å². The van der Waals surface area contributed by atoms with Crippen LogP contribution in [0.4, 0.5) is 20.2 Å². The Morgan fingerprint density at radius 2 is 2.16 bits per heavy atom. The zero-order chi connectivity index (χ0) is 22.0. The minimum Gasteiger partial charge on any atom is -0.487 e. The lowest BCUT2D eigenvalue weighted by molar-refractivity contribution is -0.384. The van der Waals surface area contributed by atoms with Crippen LogP contribution in [0.15, 0.2) is 54.2 Å². The largest absolute Gasteiger partial charge is 0.487 e. The molecule has 1 N–H and O–H groups in total. The van der Waals surface area contributed by atoms with Crippen molar-refractivity contribution in [2.75, 3.05) is 11.9 Å². The number of aromatic nitrogens is 3. The summed E-state index contributed by atoms with van der Waals surface area (Å²) in [6.45, 7) is -0.933. The van der Waals surface area contributed by atoms with Gasteiger partial charge in [-0.1, -0.05) is 6.07 Å². The molecule has 0 spiro atoms. The van der Waals surface area contributed by atoms with E-state index in [0.717, 1.165) is 22.7 Å². The molecule has 1 aromatic carbocycles. The summed E-state index contributed by atoms with van der Waals surface area (Å²) in [4.78, 5) is 28.4. The molecule has 0 atom stereocenters. The van der Waals surface area contributed by atoms with Gasteiger partial charge in [0.15, 0.2) is 5.65 Å². The van der Waals surface area contributed by atoms with Crippen LogP contribution in [0.5, 0.6) is 5.75 Å². The van der Waals surface area contributed by atoms with E-state index < -0.39 is 29.6 Å². The molecular weight excluding hydrogens is 432 g/mol. The van der Waals surface area contributed by atoms with Gasteiger partial charge in [0, 0.05) is 18.3 Å². The summed E-state index contributed by atoms with van der Waals surface area (Å²) in [7, 11) is 0. The first-order chi connectivity index (χ1) is 14.9. The van der Waals surface area contributed by atoms with Crippen LogP contribution in [0.3, 0.4) is 0 Å². The molecule has 0 bridgehead atoms. The third-order valence-corrected chi connectivity index (χ3v) is 5.05. The van der Waals surface area contributed by atoms with Gasteiger partial charge in [0.1, 0.15) is 17.9 Å². The summed E-state index contributed by atoms with van der Waals surface area (Å²) >= 11 is 1.50. The number of hydrogen-bond acceptors (Lipinski definition) is 7. The maximum Gasteiger partial charge on any atom is 0.275 e. The minimum absolute atomic E-state index is 0.0113. The van der Waals surface area contributed by atoms with Crippen LogP contribution in [0, 0.1) is 10.1 Å². The molecule has 0 unspecified atom stereocenters. The molecule has 0 fully saturated rings. The van der Waals surface area contributed by atoms with Gasteiger partial charge < -0.3 is 10.1 Å². The van der Waals surface area contributed by atoms with E-state index in [-0.39, 0.29) is 17.0 Å². The Kier molecular flexibility index (Phi) is 5.54. The van der Waals surface area contributed by atoms with E-state index in [1.807, 2.05) is 17.5 Å². The van der Waals surface area contributed by atoms with Crippen LogP contribution in [0.25, 0.3) is 16.2 Å². The number of nitrogens with zero attached hydrogens (tertiary/aromatic N) is 4. The summed E-state index contributed by atoms with van der Waals surface area (Å²) < 4.78 is 31.2. The van der Waals surface area contributed by atoms with Crippen LogP contribution in [-0.4, -0.2) is 38.5 Å². The van der Waals surface area contributed by atoms with Gasteiger partial charge in [-0.05, 0) is 17.5 Å². The Bertz CT molecular complexity index is 1260. The van der Waals surface area contributed by atoms with Crippen LogP contribution >= 0.6 is 11.3 Å². The van der Waals surface area contributed by atoms with Crippen molar-refractivity contribution in [3.8, 4) is 16.3 Å². The summed E-state index contributed by atoms with van der Waals surface area (Å²) in [6.07, 6.45) is 0.131. The first kappa shape index (κ1) is 20.3. The number of ether oxygens (including phenoxy) is 1. The fraction of sp³-hybridized carbons (Fsp3) is 0.105. The molecule has 3 heterocycles. The Hall–Kier alpha value is -3.93. The quantitative estimate of drug-likeness (QED) is 0.336. The normalized spacial score (nSPS) is 11.1. The number of nitro benzene ring substituents is 1. The third-order valence-electron chi connectivity index (χ3n) is 4.16. The number of carbonyl (C=O) groups is 1. The maximum absolute atomic E-state index is 12.8. The Labute approximate surface area is 177 Å². The summed E-state index contributed by atoms with van der Waals surface area (Å²) in [6, 6.07) is 8.89. The Morgan fingerprint density at radius 1 is 1.32 bits per heavy atom. The highest BCUT2D eigenvalue weighted by Crippen LogP contribution is 2.28. The van der Waals surface area contributed by atoms with Crippen molar-refractivity contribution in [3.63, 3.8) is 0 Å². The van der Waals surface area contributed by atoms with Gasteiger partial charge in [0.05, 0.1) is 33.4 Å². The number of nitro groups is 1. The number of hydrogen-bond donors (Lipinski definition) is 1. The van der Waals surface area contributed by atoms with Crippen LogP contribution in [0.2, 0.25) is 0 Å². The van der Waals surface area contributed by atoms with Crippen molar-refractivity contribution in [2.24, 2.45) is 0 Å². The predicted octanol–water partition coefficient (Wildman–Crippen LogP) is 4.26. The molecule has 0 aliphatic carbocycles. The van der Waals surface area contributed by atoms with Gasteiger partial charge >= 0.3 is 0 Å². The van der Waals surface area contributed by atoms with Gasteiger partial charge in [-0.3, -0.25) is 14.9 Å². The molecule has 12 heteroatoms. The summed E-state index contributed by atoms with van der Waals surface area (Å²) in [5.74, 6) is -0.783. The molecule has 1 amide bonds. The summed E-state index contributed by atoms with van der Waals surface area (Å²) in [5, 5.41) is 19.8. The molecule has 0 radical (unpaired) electrons. The number of rotatable bonds is 7. The standard InChI is InChI=1S/C19H13F2N5O4S/c20-17(21)10-30-13-7-11(6-12(8-13)26(28)29)24-19(27)14-9-23-25-15(3-4-22-18(14)25)16-2-1-5-31-16/h1-9,17H,10H2,(H,24,27). The monoisotopic (exact) mass is 445 g/mol. The van der Waals surface area contributed by atoms with Crippen molar-refractivity contribution < 1.29 is 23.2 Å². The number of anilines is 1. The smallest absolute Gasteiger partial charge is 0.275 e. The molecule has 0 saturated carbocycles. The fourth-order valence-corrected chi connectivity index (χ4v) is 3.60. The zero-order valence-corrected chi connectivity index (χ0v) is 16.4. The molecule has 0 saturated heterocycles. The average Bonchev–Trinajstić information content (AvgIpc) is 3.42. The van der Waals surface area contributed by atoms with Gasteiger partial charge in [-0.15, -0.1) is 11.3 Å². The highest BCUT2D eigenvalue weighted by molar-refractivity contribution is 7.13. The first-order valence-corrected chi connectivity index (χ1v) is 9.69. The van der Waals surface area contributed by atoms with E-state index in [2.05, 4.69) is 15.4 Å². The highest BCUT2D eigenvalue weighted by atomic mass is 32.1. The van der Waals surface area contributed by atoms with Crippen molar-refractivity contribution in [2.45, 2.75) is 6.43 Å². The maximum atomic E-state index is 12.8. The van der Waals surface area contributed by atoms with E-state index in [0.29, 0.717) is 5.65 Å². The second-order valence-electron chi connectivity index (χ2n) is 6.23. The fourth-order valence-electron chi connectivity index (χ4n) is 2.86. The number of amides is 1. The second kappa shape index (κ2) is 8.44. The number of halogens is 2. The third kappa shape index (κ3) is 4.33. The van der Waals surface area contributed by atoms with E-state index in [4.69, 9.17) is 4.74 Å². The molecular formula is C19H13F2N5O4S. The zero-order valence-electron chi connectivity index (χ0n) is 15.6. The van der Waals surface area contributed by atoms with Gasteiger partial charge in [-0.25, -0.2) is 18.3 Å². The number of benzene rings is 1. The molecule has 4 rings (SSSR count). The molecule has 3 aromatic heterocycles. The number of non-ortho nitro benzene ring substituents is 1. The molecule has 0 aliphatic rings. The number of thiophene rings is 1. The van der Waals surface area contributed by atoms with Gasteiger partial charge in [-0.2, -0.15) is 5.10 Å². The second-order valence-corrected chi connectivity index (χ2v) is 7.18. The van der Waals surface area contributed by atoms with Crippen LogP contribution in [-0.2, 0) is 0 Å². The molecule has 31 heavy (non-hydrogen) atoms. The van der Waals surface area contributed by atoms with E-state index in [1.54, 1.807) is 12.3 Å². The van der Waals surface area contributed by atoms with Crippen molar-refractivity contribution in [1.29, 1.82) is 0 Å². The van der Waals surface area contributed by atoms with Crippen molar-refractivity contribution in [1.82, 2.24) is 14.6 Å². The average molecular weight is 445 g/mol. The lowest BCUT2D eigenvalue weighted by atomic mass is 10.2. The molecule has 158 valence electrons. The van der Waals surface area contributed by atoms with E-state index in [1.165, 1.54) is 28.1 Å². The van der Waals surface area contributed by atoms with Gasteiger partial charge in [0.25, 0.3) is 18.0 Å². The Morgan fingerprint density at radius 3 is 2.87 bits per heavy atom. The SMILES string of the molecule is O=C(Nc1cc(OCC(F)F)cc([N+](=O)[O-])c1)c1cnn2c(-c3cccs3)ccnc12. The van der Waals surface area contributed by atoms with E-state index in [9.17, 15) is 23.7 Å². The molecule has 4 aromatic rings. The van der Waals surface area contributed by atoms with E-state index >= 15 is 0 Å². The van der Waals surface area contributed by atoms with Gasteiger partial charge in [0.2, 0.25) is 0 Å². The number of carbonyl (C=O) groups excluding carboxylic acids is 1. The van der Waals surface area contributed by atoms with Crippen molar-refractivity contribution in [3.05, 3.63) is 69.8 Å². The first-order valence-electron chi connectivity index (χ1n) is 8.81.